The van der Waals surface area contributed by atoms with Crippen LogP contribution in [0.2, 0.25) is 0 Å². The summed E-state index contributed by atoms with van der Waals surface area (Å²) in [4.78, 5) is 5.39. The largest absolute Gasteiger partial charge is 0.456 e. The summed E-state index contributed by atoms with van der Waals surface area (Å²) in [6.07, 6.45) is -0.437. The van der Waals surface area contributed by atoms with Crippen LogP contribution in [-0.2, 0) is 0 Å². The smallest absolute Gasteiger partial charge is 0.135 e. The second kappa shape index (κ2) is 12.8. The number of furan rings is 1. The molecule has 2 unspecified atom stereocenters. The van der Waals surface area contributed by atoms with Crippen molar-refractivity contribution in [2.45, 2.75) is 12.3 Å². The summed E-state index contributed by atoms with van der Waals surface area (Å²) in [5, 5.41) is 14.8. The van der Waals surface area contributed by atoms with Crippen molar-refractivity contribution in [1.29, 1.82) is 0 Å². The molecule has 2 atom stereocenters. The highest BCUT2D eigenvalue weighted by atomic mass is 32.1. The lowest BCUT2D eigenvalue weighted by atomic mass is 9.95. The third kappa shape index (κ3) is 5.15. The van der Waals surface area contributed by atoms with Crippen LogP contribution in [0, 0.1) is 0 Å². The Labute approximate surface area is 332 Å². The molecule has 11 aromatic rings. The van der Waals surface area contributed by atoms with Crippen LogP contribution in [0.3, 0.4) is 0 Å². The number of aliphatic imine (C=N–C) groups is 1. The van der Waals surface area contributed by atoms with Crippen molar-refractivity contribution >= 4 is 81.1 Å². The van der Waals surface area contributed by atoms with Crippen molar-refractivity contribution in [2.24, 2.45) is 4.99 Å². The third-order valence-electron chi connectivity index (χ3n) is 11.5. The fourth-order valence-corrected chi connectivity index (χ4v) is 10.0. The SMILES string of the molecule is c1ccc(C2NC(c3ccc4oc5ccccc5c4c3)=NC(c3ccc4sc5cccc(-c6cccc7c6c6ccccc6n7-c6ccccc6)c5c4c3)N2)cc1. The highest BCUT2D eigenvalue weighted by Gasteiger charge is 2.27. The third-order valence-corrected chi connectivity index (χ3v) is 12.6. The molecular weight excluding hydrogens is 717 g/mol. The van der Waals surface area contributed by atoms with Gasteiger partial charge in [-0.15, -0.1) is 11.3 Å². The summed E-state index contributed by atoms with van der Waals surface area (Å²) in [5.41, 5.74) is 11.1. The number of para-hydroxylation sites is 3. The average Bonchev–Trinajstić information content (AvgIpc) is 3.96. The molecule has 2 N–H and O–H groups in total. The number of amidine groups is 1. The molecule has 4 heterocycles. The van der Waals surface area contributed by atoms with Gasteiger partial charge >= 0.3 is 0 Å². The number of hydrogen-bond acceptors (Lipinski definition) is 5. The van der Waals surface area contributed by atoms with E-state index >= 15 is 0 Å². The zero-order valence-corrected chi connectivity index (χ0v) is 31.5. The molecule has 0 spiro atoms. The number of nitrogens with zero attached hydrogens (tertiary/aromatic N) is 2. The van der Waals surface area contributed by atoms with Gasteiger partial charge < -0.3 is 14.3 Å². The Balaban J connectivity index is 1.03. The van der Waals surface area contributed by atoms with E-state index in [1.54, 1.807) is 0 Å². The molecule has 0 saturated heterocycles. The lowest BCUT2D eigenvalue weighted by Crippen LogP contribution is -2.44. The highest BCUT2D eigenvalue weighted by molar-refractivity contribution is 7.26. The predicted octanol–water partition coefficient (Wildman–Crippen LogP) is 13.1. The fourth-order valence-electron chi connectivity index (χ4n) is 8.90. The van der Waals surface area contributed by atoms with E-state index in [-0.39, 0.29) is 12.3 Å². The summed E-state index contributed by atoms with van der Waals surface area (Å²) < 4.78 is 11.1. The minimum Gasteiger partial charge on any atom is -0.456 e. The molecule has 6 heteroatoms. The zero-order valence-electron chi connectivity index (χ0n) is 30.7. The van der Waals surface area contributed by atoms with E-state index in [1.807, 2.05) is 23.5 Å². The van der Waals surface area contributed by atoms with Gasteiger partial charge in [-0.05, 0) is 89.0 Å². The first-order chi connectivity index (χ1) is 28.2. The number of rotatable bonds is 5. The number of benzene rings is 8. The zero-order chi connectivity index (χ0) is 37.5. The van der Waals surface area contributed by atoms with Crippen molar-refractivity contribution in [1.82, 2.24) is 15.2 Å². The summed E-state index contributed by atoms with van der Waals surface area (Å²) in [6.45, 7) is 0. The molecule has 5 nitrogen and oxygen atoms in total. The maximum absolute atomic E-state index is 6.18. The van der Waals surface area contributed by atoms with E-state index in [1.165, 1.54) is 53.1 Å². The van der Waals surface area contributed by atoms with Gasteiger partial charge in [0.25, 0.3) is 0 Å². The minimum atomic E-state index is -0.290. The fraction of sp³-hybridized carbons (Fsp3) is 0.0392. The number of hydrogen-bond donors (Lipinski definition) is 2. The molecule has 1 aliphatic heterocycles. The van der Waals surface area contributed by atoms with Gasteiger partial charge in [0.05, 0.1) is 11.0 Å². The molecule has 0 bridgehead atoms. The number of nitrogens with one attached hydrogen (secondary N) is 2. The Morgan fingerprint density at radius 2 is 1.23 bits per heavy atom. The van der Waals surface area contributed by atoms with E-state index in [0.717, 1.165) is 50.2 Å². The van der Waals surface area contributed by atoms with Crippen LogP contribution in [0.25, 0.3) is 80.7 Å². The maximum Gasteiger partial charge on any atom is 0.135 e. The molecule has 0 fully saturated rings. The van der Waals surface area contributed by atoms with E-state index in [2.05, 4.69) is 185 Å². The van der Waals surface area contributed by atoms with Crippen molar-refractivity contribution in [2.75, 3.05) is 0 Å². The molecule has 1 aliphatic rings. The van der Waals surface area contributed by atoms with Crippen LogP contribution in [0.1, 0.15) is 29.0 Å². The lowest BCUT2D eigenvalue weighted by molar-refractivity contribution is 0.409. The minimum absolute atomic E-state index is 0.148. The molecule has 3 aromatic heterocycles. The first kappa shape index (κ1) is 32.3. The second-order valence-electron chi connectivity index (χ2n) is 14.8. The van der Waals surface area contributed by atoms with Gasteiger partial charge in [0.1, 0.15) is 29.3 Å². The Morgan fingerprint density at radius 1 is 0.509 bits per heavy atom. The van der Waals surface area contributed by atoms with E-state index < -0.39 is 0 Å². The monoisotopic (exact) mass is 750 g/mol. The van der Waals surface area contributed by atoms with Crippen LogP contribution in [0.15, 0.2) is 191 Å². The summed E-state index contributed by atoms with van der Waals surface area (Å²) >= 11 is 1.85. The molecule has 0 aliphatic carbocycles. The van der Waals surface area contributed by atoms with Gasteiger partial charge in [-0.3, -0.25) is 5.32 Å². The lowest BCUT2D eigenvalue weighted by Gasteiger charge is -2.32. The molecule has 0 radical (unpaired) electrons. The molecule has 8 aromatic carbocycles. The van der Waals surface area contributed by atoms with Gasteiger partial charge in [0.15, 0.2) is 0 Å². The molecule has 57 heavy (non-hydrogen) atoms. The summed E-state index contributed by atoms with van der Waals surface area (Å²) in [5.74, 6) is 0.845. The van der Waals surface area contributed by atoms with E-state index in [9.17, 15) is 0 Å². The van der Waals surface area contributed by atoms with Crippen molar-refractivity contribution in [3.63, 3.8) is 0 Å². The quantitative estimate of drug-likeness (QED) is 0.184. The second-order valence-corrected chi connectivity index (χ2v) is 15.9. The van der Waals surface area contributed by atoms with Gasteiger partial charge in [0.2, 0.25) is 0 Å². The topological polar surface area (TPSA) is 54.5 Å². The van der Waals surface area contributed by atoms with Gasteiger partial charge in [-0.2, -0.15) is 0 Å². The van der Waals surface area contributed by atoms with Gasteiger partial charge in [-0.1, -0.05) is 115 Å². The first-order valence-electron chi connectivity index (χ1n) is 19.4. The first-order valence-corrected chi connectivity index (χ1v) is 20.2. The van der Waals surface area contributed by atoms with Crippen molar-refractivity contribution in [3.8, 4) is 16.8 Å². The summed E-state index contributed by atoms with van der Waals surface area (Å²) in [7, 11) is 0. The Kier molecular flexibility index (Phi) is 7.24. The van der Waals surface area contributed by atoms with Crippen LogP contribution in [-0.4, -0.2) is 10.4 Å². The summed E-state index contributed by atoms with van der Waals surface area (Å²) in [6, 6.07) is 65.0. The van der Waals surface area contributed by atoms with E-state index in [4.69, 9.17) is 9.41 Å². The van der Waals surface area contributed by atoms with Crippen LogP contribution >= 0.6 is 11.3 Å². The standard InChI is InChI=1S/C51H34N4OS/c1-3-13-31(14-4-1)49-52-50(32-25-27-44-39(29-32)35-17-8-10-23-43(35)56-44)54-51(53-49)33-26-28-45-40(30-33)48-37(20-12-24-46(48)57-45)36-19-11-22-42-47(36)38-18-7-9-21-41(38)55(42)34-15-5-2-6-16-34/h1-30,49,51,53H,(H,52,54). The van der Waals surface area contributed by atoms with E-state index in [0.29, 0.717) is 0 Å². The van der Waals surface area contributed by atoms with Crippen molar-refractivity contribution in [3.05, 3.63) is 199 Å². The van der Waals surface area contributed by atoms with Gasteiger partial charge in [-0.25, -0.2) is 4.99 Å². The Bertz CT molecular complexity index is 3380. The maximum atomic E-state index is 6.18. The molecular formula is C51H34N4OS. The van der Waals surface area contributed by atoms with Crippen LogP contribution < -0.4 is 10.6 Å². The van der Waals surface area contributed by atoms with Crippen LogP contribution in [0.4, 0.5) is 0 Å². The molecule has 270 valence electrons. The van der Waals surface area contributed by atoms with Crippen molar-refractivity contribution < 1.29 is 4.42 Å². The highest BCUT2D eigenvalue weighted by Crippen LogP contribution is 2.45. The number of fused-ring (bicyclic) bond motifs is 9. The normalized spacial score (nSPS) is 15.9. The molecule has 0 amide bonds. The van der Waals surface area contributed by atoms with Crippen LogP contribution in [0.5, 0.6) is 0 Å². The van der Waals surface area contributed by atoms with Gasteiger partial charge in [0, 0.05) is 53.0 Å². The molecule has 0 saturated carbocycles. The predicted molar refractivity (Wildman–Crippen MR) is 238 cm³/mol. The number of aromatic nitrogens is 1. The Morgan fingerprint density at radius 3 is 2.11 bits per heavy atom. The average molecular weight is 751 g/mol. The Hall–Kier alpha value is -6.99. The number of thiophene rings is 1. The molecule has 12 rings (SSSR count).